The number of hydrogen-bond donors (Lipinski definition) is 1. The van der Waals surface area contributed by atoms with Gasteiger partial charge >= 0.3 is 0 Å². The third kappa shape index (κ3) is 7.13. The highest BCUT2D eigenvalue weighted by atomic mass is 19.1. The SMILES string of the molecule is CCCCOCCNCCOc1ccc(F)c(C)c1. The number of unbranched alkanes of at least 4 members (excludes halogenated alkanes) is 1. The summed E-state index contributed by atoms with van der Waals surface area (Å²) in [5.41, 5.74) is 0.606. The molecule has 0 bridgehead atoms. The number of hydrogen-bond acceptors (Lipinski definition) is 3. The van der Waals surface area contributed by atoms with Gasteiger partial charge in [-0.05, 0) is 37.1 Å². The molecule has 0 atom stereocenters. The fraction of sp³-hybridized carbons (Fsp3) is 0.600. The van der Waals surface area contributed by atoms with Crippen molar-refractivity contribution in [3.63, 3.8) is 0 Å². The lowest BCUT2D eigenvalue weighted by Gasteiger charge is -2.08. The maximum atomic E-state index is 13.0. The summed E-state index contributed by atoms with van der Waals surface area (Å²) in [6.07, 6.45) is 2.28. The maximum absolute atomic E-state index is 13.0. The molecule has 0 heterocycles. The number of halogens is 1. The van der Waals surface area contributed by atoms with E-state index in [1.54, 1.807) is 19.1 Å². The van der Waals surface area contributed by atoms with Crippen LogP contribution in [-0.2, 0) is 4.74 Å². The van der Waals surface area contributed by atoms with Crippen molar-refractivity contribution in [2.24, 2.45) is 0 Å². The van der Waals surface area contributed by atoms with Gasteiger partial charge in [0.15, 0.2) is 0 Å². The Hall–Kier alpha value is -1.13. The summed E-state index contributed by atoms with van der Waals surface area (Å²) in [5.74, 6) is 0.509. The van der Waals surface area contributed by atoms with Crippen molar-refractivity contribution in [2.45, 2.75) is 26.7 Å². The number of ether oxygens (including phenoxy) is 2. The van der Waals surface area contributed by atoms with E-state index < -0.39 is 0 Å². The molecule has 4 heteroatoms. The molecule has 19 heavy (non-hydrogen) atoms. The van der Waals surface area contributed by atoms with Crippen LogP contribution in [0.25, 0.3) is 0 Å². The summed E-state index contributed by atoms with van der Waals surface area (Å²) in [4.78, 5) is 0. The lowest BCUT2D eigenvalue weighted by atomic mass is 10.2. The van der Waals surface area contributed by atoms with Gasteiger partial charge in [-0.15, -0.1) is 0 Å². The van der Waals surface area contributed by atoms with Crippen molar-refractivity contribution in [3.8, 4) is 5.75 Å². The van der Waals surface area contributed by atoms with Gasteiger partial charge in [-0.1, -0.05) is 13.3 Å². The zero-order valence-corrected chi connectivity index (χ0v) is 11.9. The van der Waals surface area contributed by atoms with Crippen molar-refractivity contribution >= 4 is 0 Å². The molecule has 0 amide bonds. The van der Waals surface area contributed by atoms with E-state index in [-0.39, 0.29) is 5.82 Å². The molecule has 1 aromatic rings. The predicted molar refractivity (Wildman–Crippen MR) is 75.2 cm³/mol. The lowest BCUT2D eigenvalue weighted by Crippen LogP contribution is -2.25. The second-order valence-corrected chi connectivity index (χ2v) is 4.48. The zero-order valence-electron chi connectivity index (χ0n) is 11.9. The molecule has 0 saturated carbocycles. The van der Waals surface area contributed by atoms with Crippen molar-refractivity contribution in [1.82, 2.24) is 5.32 Å². The molecule has 3 nitrogen and oxygen atoms in total. The Balaban J connectivity index is 2.00. The monoisotopic (exact) mass is 269 g/mol. The number of nitrogens with one attached hydrogen (secondary N) is 1. The molecule has 1 rings (SSSR count). The minimum Gasteiger partial charge on any atom is -0.492 e. The summed E-state index contributed by atoms with van der Waals surface area (Å²) in [7, 11) is 0. The van der Waals surface area contributed by atoms with Crippen molar-refractivity contribution in [3.05, 3.63) is 29.6 Å². The average Bonchev–Trinajstić information content (AvgIpc) is 2.41. The van der Waals surface area contributed by atoms with E-state index in [2.05, 4.69) is 12.2 Å². The number of benzene rings is 1. The number of rotatable bonds is 10. The highest BCUT2D eigenvalue weighted by Gasteiger charge is 1.99. The molecule has 108 valence electrons. The smallest absolute Gasteiger partial charge is 0.126 e. The molecule has 0 radical (unpaired) electrons. The minimum atomic E-state index is -0.199. The Morgan fingerprint density at radius 3 is 2.68 bits per heavy atom. The quantitative estimate of drug-likeness (QED) is 0.662. The molecule has 0 fully saturated rings. The minimum absolute atomic E-state index is 0.199. The summed E-state index contributed by atoms with van der Waals surface area (Å²) < 4.78 is 24.0. The molecule has 0 saturated heterocycles. The number of aryl methyl sites for hydroxylation is 1. The fourth-order valence-corrected chi connectivity index (χ4v) is 1.57. The van der Waals surface area contributed by atoms with Crippen LogP contribution in [0.2, 0.25) is 0 Å². The Labute approximate surface area is 115 Å². The molecule has 0 aliphatic heterocycles. The maximum Gasteiger partial charge on any atom is 0.126 e. The van der Waals surface area contributed by atoms with Crippen LogP contribution in [0.5, 0.6) is 5.75 Å². The molecular weight excluding hydrogens is 245 g/mol. The summed E-state index contributed by atoms with van der Waals surface area (Å²) in [6, 6.07) is 4.79. The Morgan fingerprint density at radius 2 is 1.95 bits per heavy atom. The van der Waals surface area contributed by atoms with Crippen LogP contribution in [0.15, 0.2) is 18.2 Å². The normalized spacial score (nSPS) is 10.7. The third-order valence-electron chi connectivity index (χ3n) is 2.74. The van der Waals surface area contributed by atoms with Gasteiger partial charge in [-0.25, -0.2) is 4.39 Å². The largest absolute Gasteiger partial charge is 0.492 e. The Morgan fingerprint density at radius 1 is 1.16 bits per heavy atom. The second kappa shape index (κ2) is 9.75. The average molecular weight is 269 g/mol. The van der Waals surface area contributed by atoms with Gasteiger partial charge in [-0.2, -0.15) is 0 Å². The van der Waals surface area contributed by atoms with Crippen LogP contribution in [0.1, 0.15) is 25.3 Å². The van der Waals surface area contributed by atoms with Gasteiger partial charge in [0.1, 0.15) is 18.2 Å². The van der Waals surface area contributed by atoms with Gasteiger partial charge in [-0.3, -0.25) is 0 Å². The highest BCUT2D eigenvalue weighted by Crippen LogP contribution is 2.15. The van der Waals surface area contributed by atoms with E-state index >= 15 is 0 Å². The molecule has 0 aromatic heterocycles. The van der Waals surface area contributed by atoms with Gasteiger partial charge in [0.2, 0.25) is 0 Å². The summed E-state index contributed by atoms with van der Waals surface area (Å²) in [5, 5.41) is 3.23. The summed E-state index contributed by atoms with van der Waals surface area (Å²) >= 11 is 0. The van der Waals surface area contributed by atoms with Crippen molar-refractivity contribution in [1.29, 1.82) is 0 Å². The topological polar surface area (TPSA) is 30.5 Å². The predicted octanol–water partition coefficient (Wildman–Crippen LogP) is 2.92. The first-order valence-corrected chi connectivity index (χ1v) is 6.91. The van der Waals surface area contributed by atoms with Crippen LogP contribution in [0.4, 0.5) is 4.39 Å². The second-order valence-electron chi connectivity index (χ2n) is 4.48. The third-order valence-corrected chi connectivity index (χ3v) is 2.74. The van der Waals surface area contributed by atoms with Crippen molar-refractivity contribution in [2.75, 3.05) is 32.9 Å². The van der Waals surface area contributed by atoms with E-state index in [1.165, 1.54) is 12.5 Å². The van der Waals surface area contributed by atoms with Crippen LogP contribution in [0, 0.1) is 12.7 Å². The van der Waals surface area contributed by atoms with Crippen LogP contribution >= 0.6 is 0 Å². The van der Waals surface area contributed by atoms with E-state index in [0.29, 0.717) is 17.9 Å². The fourth-order valence-electron chi connectivity index (χ4n) is 1.57. The molecular formula is C15H24FNO2. The van der Waals surface area contributed by atoms with E-state index in [1.807, 2.05) is 0 Å². The standard InChI is InChI=1S/C15H24FNO2/c1-3-4-9-18-10-7-17-8-11-19-14-5-6-15(16)13(2)12-14/h5-6,12,17H,3-4,7-11H2,1-2H3. The first kappa shape index (κ1) is 15.9. The molecule has 0 aliphatic carbocycles. The Bertz CT molecular complexity index is 358. The highest BCUT2D eigenvalue weighted by molar-refractivity contribution is 5.28. The first-order chi connectivity index (χ1) is 9.24. The van der Waals surface area contributed by atoms with E-state index in [9.17, 15) is 4.39 Å². The molecule has 0 spiro atoms. The van der Waals surface area contributed by atoms with E-state index in [4.69, 9.17) is 9.47 Å². The van der Waals surface area contributed by atoms with Gasteiger partial charge < -0.3 is 14.8 Å². The Kier molecular flexibility index (Phi) is 8.18. The molecule has 0 aliphatic rings. The van der Waals surface area contributed by atoms with Gasteiger partial charge in [0.05, 0.1) is 6.61 Å². The first-order valence-electron chi connectivity index (χ1n) is 6.91. The van der Waals surface area contributed by atoms with Crippen LogP contribution in [0.3, 0.4) is 0 Å². The molecule has 0 unspecified atom stereocenters. The van der Waals surface area contributed by atoms with Gasteiger partial charge in [0.25, 0.3) is 0 Å². The van der Waals surface area contributed by atoms with Crippen molar-refractivity contribution < 1.29 is 13.9 Å². The zero-order chi connectivity index (χ0) is 13.9. The van der Waals surface area contributed by atoms with Crippen LogP contribution in [-0.4, -0.2) is 32.9 Å². The van der Waals surface area contributed by atoms with Crippen LogP contribution < -0.4 is 10.1 Å². The molecule has 1 aromatic carbocycles. The van der Waals surface area contributed by atoms with E-state index in [0.717, 1.165) is 32.7 Å². The molecule has 1 N–H and O–H groups in total. The summed E-state index contributed by atoms with van der Waals surface area (Å²) in [6.45, 7) is 7.60. The van der Waals surface area contributed by atoms with Gasteiger partial charge in [0, 0.05) is 19.7 Å². The lowest BCUT2D eigenvalue weighted by molar-refractivity contribution is 0.132.